The third-order valence-corrected chi connectivity index (χ3v) is 5.59. The van der Waals surface area contributed by atoms with E-state index in [0.29, 0.717) is 23.8 Å². The molecule has 31 heavy (non-hydrogen) atoms. The molecule has 0 amide bonds. The second-order valence-electron chi connectivity index (χ2n) is 7.31. The molecule has 4 rings (SSSR count). The quantitative estimate of drug-likeness (QED) is 0.522. The molecule has 1 aliphatic heterocycles. The minimum Gasteiger partial charge on any atom is -0.504 e. The number of rotatable bonds is 6. The van der Waals surface area contributed by atoms with Crippen LogP contribution in [0.4, 0.5) is 0 Å². The van der Waals surface area contributed by atoms with Gasteiger partial charge in [-0.1, -0.05) is 48.0 Å². The van der Waals surface area contributed by atoms with E-state index < -0.39 is 0 Å². The summed E-state index contributed by atoms with van der Waals surface area (Å²) in [5.41, 5.74) is 3.70. The van der Waals surface area contributed by atoms with E-state index in [-0.39, 0.29) is 18.0 Å². The molecule has 3 aromatic rings. The highest BCUT2D eigenvalue weighted by Gasteiger charge is 2.28. The van der Waals surface area contributed by atoms with Crippen LogP contribution in [0.15, 0.2) is 71.7 Å². The largest absolute Gasteiger partial charge is 0.504 e. The summed E-state index contributed by atoms with van der Waals surface area (Å²) in [7, 11) is 1.65. The maximum Gasteiger partial charge on any atom is 0.162 e. The van der Waals surface area contributed by atoms with Crippen molar-refractivity contribution in [1.29, 1.82) is 0 Å². The summed E-state index contributed by atoms with van der Waals surface area (Å²) >= 11 is 6.09. The first kappa shape index (κ1) is 21.2. The Morgan fingerprint density at radius 1 is 1.10 bits per heavy atom. The Kier molecular flexibility index (Phi) is 6.44. The molecule has 0 bridgehead atoms. The summed E-state index contributed by atoms with van der Waals surface area (Å²) < 4.78 is 11.0. The normalized spacial score (nSPS) is 18.4. The molecule has 6 heteroatoms. The number of benzene rings is 3. The number of ether oxygens (including phenoxy) is 2. The predicted octanol–water partition coefficient (Wildman–Crippen LogP) is 5.68. The third kappa shape index (κ3) is 4.68. The number of aromatic hydroxyl groups is 1. The highest BCUT2D eigenvalue weighted by atomic mass is 35.5. The Morgan fingerprint density at radius 3 is 2.61 bits per heavy atom. The Balaban J connectivity index is 1.75. The van der Waals surface area contributed by atoms with Gasteiger partial charge in [0.2, 0.25) is 0 Å². The SMILES string of the molecule is CCOc1cccc([C@@H]2CC(c3ccc(Cl)cc3)=N[C@H](c3cccc(OC)c3)N2)c1O. The molecule has 0 spiro atoms. The van der Waals surface area contributed by atoms with E-state index >= 15 is 0 Å². The van der Waals surface area contributed by atoms with Crippen molar-refractivity contribution in [3.8, 4) is 17.2 Å². The number of aliphatic imine (C=N–C) groups is 1. The van der Waals surface area contributed by atoms with E-state index in [2.05, 4.69) is 5.32 Å². The molecule has 0 aromatic heterocycles. The lowest BCUT2D eigenvalue weighted by molar-refractivity contribution is 0.313. The smallest absolute Gasteiger partial charge is 0.162 e. The van der Waals surface area contributed by atoms with Gasteiger partial charge in [-0.15, -0.1) is 0 Å². The van der Waals surface area contributed by atoms with Crippen LogP contribution in [-0.4, -0.2) is 24.5 Å². The van der Waals surface area contributed by atoms with Crippen LogP contribution in [0.3, 0.4) is 0 Å². The fourth-order valence-electron chi connectivity index (χ4n) is 3.80. The molecule has 0 radical (unpaired) electrons. The van der Waals surface area contributed by atoms with Gasteiger partial charge in [0.15, 0.2) is 11.5 Å². The molecule has 2 atom stereocenters. The van der Waals surface area contributed by atoms with Gasteiger partial charge in [0.05, 0.1) is 13.7 Å². The van der Waals surface area contributed by atoms with Crippen molar-refractivity contribution in [2.75, 3.05) is 13.7 Å². The minimum absolute atomic E-state index is 0.153. The van der Waals surface area contributed by atoms with Gasteiger partial charge in [0.25, 0.3) is 0 Å². The predicted molar refractivity (Wildman–Crippen MR) is 123 cm³/mol. The minimum atomic E-state index is -0.297. The van der Waals surface area contributed by atoms with E-state index in [9.17, 15) is 5.11 Å². The van der Waals surface area contributed by atoms with Crippen LogP contribution in [0.25, 0.3) is 0 Å². The molecule has 0 aliphatic carbocycles. The van der Waals surface area contributed by atoms with Gasteiger partial charge in [-0.05, 0) is 48.4 Å². The van der Waals surface area contributed by atoms with Crippen LogP contribution < -0.4 is 14.8 Å². The van der Waals surface area contributed by atoms with E-state index in [1.54, 1.807) is 13.2 Å². The van der Waals surface area contributed by atoms with Crippen molar-refractivity contribution >= 4 is 17.3 Å². The fraction of sp³-hybridized carbons (Fsp3) is 0.240. The van der Waals surface area contributed by atoms with E-state index in [1.807, 2.05) is 67.6 Å². The van der Waals surface area contributed by atoms with Crippen LogP contribution in [0.5, 0.6) is 17.2 Å². The first-order chi connectivity index (χ1) is 15.1. The summed E-state index contributed by atoms with van der Waals surface area (Å²) in [6.45, 7) is 2.38. The number of phenols is 1. The molecular formula is C25H25ClN2O3. The van der Waals surface area contributed by atoms with Crippen molar-refractivity contribution in [3.63, 3.8) is 0 Å². The third-order valence-electron chi connectivity index (χ3n) is 5.33. The molecular weight excluding hydrogens is 412 g/mol. The van der Waals surface area contributed by atoms with Crippen molar-refractivity contribution in [3.05, 3.63) is 88.4 Å². The van der Waals surface area contributed by atoms with Crippen molar-refractivity contribution in [2.45, 2.75) is 25.6 Å². The van der Waals surface area contributed by atoms with E-state index in [1.165, 1.54) is 0 Å². The van der Waals surface area contributed by atoms with Gasteiger partial charge in [0.1, 0.15) is 11.9 Å². The fourth-order valence-corrected chi connectivity index (χ4v) is 3.92. The van der Waals surface area contributed by atoms with Crippen molar-refractivity contribution in [2.24, 2.45) is 4.99 Å². The standard InChI is InChI=1S/C25H25ClN2O3/c1-3-31-23-9-5-8-20(24(23)29)22-15-21(16-10-12-18(26)13-11-16)27-25(28-22)17-6-4-7-19(14-17)30-2/h4-14,22,25,28-29H,3,15H2,1-2H3/t22-,25-/m0/s1. The monoisotopic (exact) mass is 436 g/mol. The lowest BCUT2D eigenvalue weighted by atomic mass is 9.93. The van der Waals surface area contributed by atoms with E-state index in [0.717, 1.165) is 28.2 Å². The van der Waals surface area contributed by atoms with Gasteiger partial charge >= 0.3 is 0 Å². The Hall–Kier alpha value is -3.02. The molecule has 0 fully saturated rings. The molecule has 3 aromatic carbocycles. The number of hydrogen-bond donors (Lipinski definition) is 2. The number of phenolic OH excluding ortho intramolecular Hbond substituents is 1. The van der Waals surface area contributed by atoms with Gasteiger partial charge in [-0.3, -0.25) is 10.3 Å². The van der Waals surface area contributed by atoms with Gasteiger partial charge < -0.3 is 14.6 Å². The number of nitrogens with zero attached hydrogens (tertiary/aromatic N) is 1. The van der Waals surface area contributed by atoms with Crippen molar-refractivity contribution < 1.29 is 14.6 Å². The number of methoxy groups -OCH3 is 1. The molecule has 0 saturated heterocycles. The maximum absolute atomic E-state index is 10.9. The molecule has 1 aliphatic rings. The summed E-state index contributed by atoms with van der Waals surface area (Å²) in [5, 5.41) is 15.1. The van der Waals surface area contributed by atoms with Crippen LogP contribution in [0, 0.1) is 0 Å². The average molecular weight is 437 g/mol. The van der Waals surface area contributed by atoms with E-state index in [4.69, 9.17) is 26.1 Å². The summed E-state index contributed by atoms with van der Waals surface area (Å²) in [6, 6.07) is 21.0. The second kappa shape index (κ2) is 9.41. The Bertz CT molecular complexity index is 1080. The lowest BCUT2D eigenvalue weighted by Crippen LogP contribution is -2.33. The van der Waals surface area contributed by atoms with Gasteiger partial charge in [-0.2, -0.15) is 0 Å². The highest BCUT2D eigenvalue weighted by Crippen LogP contribution is 2.39. The van der Waals surface area contributed by atoms with Gasteiger partial charge in [-0.25, -0.2) is 0 Å². The molecule has 2 N–H and O–H groups in total. The first-order valence-corrected chi connectivity index (χ1v) is 10.6. The van der Waals surface area contributed by atoms with Crippen LogP contribution in [0.2, 0.25) is 5.02 Å². The zero-order chi connectivity index (χ0) is 21.8. The summed E-state index contributed by atoms with van der Waals surface area (Å²) in [4.78, 5) is 4.99. The highest BCUT2D eigenvalue weighted by molar-refractivity contribution is 6.30. The van der Waals surface area contributed by atoms with Crippen molar-refractivity contribution in [1.82, 2.24) is 5.32 Å². The Morgan fingerprint density at radius 2 is 1.87 bits per heavy atom. The first-order valence-electron chi connectivity index (χ1n) is 10.3. The number of halogens is 1. The van der Waals surface area contributed by atoms with Crippen LogP contribution in [0.1, 0.15) is 42.2 Å². The molecule has 160 valence electrons. The molecule has 0 saturated carbocycles. The van der Waals surface area contributed by atoms with Crippen LogP contribution in [-0.2, 0) is 0 Å². The topological polar surface area (TPSA) is 63.1 Å². The zero-order valence-corrected chi connectivity index (χ0v) is 18.3. The van der Waals surface area contributed by atoms with Crippen LogP contribution >= 0.6 is 11.6 Å². The zero-order valence-electron chi connectivity index (χ0n) is 17.5. The van der Waals surface area contributed by atoms with Gasteiger partial charge in [0, 0.05) is 28.8 Å². The lowest BCUT2D eigenvalue weighted by Gasteiger charge is -2.31. The molecule has 1 heterocycles. The summed E-state index contributed by atoms with van der Waals surface area (Å²) in [6.07, 6.45) is 0.320. The molecule has 0 unspecified atom stereocenters. The molecule has 5 nitrogen and oxygen atoms in total. The number of hydrogen-bond acceptors (Lipinski definition) is 5. The summed E-state index contributed by atoms with van der Waals surface area (Å²) in [5.74, 6) is 1.41. The average Bonchev–Trinajstić information content (AvgIpc) is 2.81. The Labute approximate surface area is 187 Å². The number of para-hydroxylation sites is 1. The maximum atomic E-state index is 10.9. The second-order valence-corrected chi connectivity index (χ2v) is 7.75. The number of nitrogens with one attached hydrogen (secondary N) is 1.